The van der Waals surface area contributed by atoms with Crippen LogP contribution in [-0.2, 0) is 6.42 Å². The average molecular weight is 193 g/mol. The molecule has 78 valence electrons. The summed E-state index contributed by atoms with van der Waals surface area (Å²) < 4.78 is 0. The quantitative estimate of drug-likeness (QED) is 0.758. The molecule has 0 saturated heterocycles. The van der Waals surface area contributed by atoms with Crippen molar-refractivity contribution in [3.63, 3.8) is 0 Å². The van der Waals surface area contributed by atoms with E-state index in [9.17, 15) is 5.11 Å². The van der Waals surface area contributed by atoms with Crippen molar-refractivity contribution in [2.24, 2.45) is 0 Å². The predicted octanol–water partition coefficient (Wildman–Crippen LogP) is 1.43. The van der Waals surface area contributed by atoms with E-state index >= 15 is 0 Å². The minimum absolute atomic E-state index is 0.291. The van der Waals surface area contributed by atoms with Crippen molar-refractivity contribution >= 4 is 0 Å². The Morgan fingerprint density at radius 3 is 2.29 bits per heavy atom. The number of hydrogen-bond donors (Lipinski definition) is 2. The fourth-order valence-electron chi connectivity index (χ4n) is 1.77. The monoisotopic (exact) mass is 193 g/mol. The SMILES string of the molecule is CNCC(O)Cc1cc(C)cc(C)c1. The Balaban J connectivity index is 2.66. The van der Waals surface area contributed by atoms with Crippen molar-refractivity contribution in [3.8, 4) is 0 Å². The predicted molar refractivity (Wildman–Crippen MR) is 59.6 cm³/mol. The van der Waals surface area contributed by atoms with E-state index in [-0.39, 0.29) is 6.10 Å². The Morgan fingerprint density at radius 1 is 1.21 bits per heavy atom. The highest BCUT2D eigenvalue weighted by Gasteiger charge is 2.04. The number of aryl methyl sites for hydroxylation is 2. The summed E-state index contributed by atoms with van der Waals surface area (Å²) in [5, 5.41) is 12.6. The maximum absolute atomic E-state index is 9.62. The van der Waals surface area contributed by atoms with Gasteiger partial charge >= 0.3 is 0 Å². The fourth-order valence-corrected chi connectivity index (χ4v) is 1.77. The molecule has 0 heterocycles. The summed E-state index contributed by atoms with van der Waals surface area (Å²) in [5.74, 6) is 0. The van der Waals surface area contributed by atoms with E-state index in [0.29, 0.717) is 6.54 Å². The minimum Gasteiger partial charge on any atom is -0.391 e. The van der Waals surface area contributed by atoms with Gasteiger partial charge in [-0.15, -0.1) is 0 Å². The molecule has 0 aliphatic rings. The molecular weight excluding hydrogens is 174 g/mol. The highest BCUT2D eigenvalue weighted by molar-refractivity contribution is 5.28. The van der Waals surface area contributed by atoms with Crippen LogP contribution in [0.3, 0.4) is 0 Å². The van der Waals surface area contributed by atoms with Crippen LogP contribution in [0, 0.1) is 13.8 Å². The molecule has 0 bridgehead atoms. The van der Waals surface area contributed by atoms with Crippen molar-refractivity contribution < 1.29 is 5.11 Å². The van der Waals surface area contributed by atoms with Gasteiger partial charge in [0.05, 0.1) is 6.10 Å². The third-order valence-corrected chi connectivity index (χ3v) is 2.19. The first-order valence-corrected chi connectivity index (χ1v) is 5.01. The molecule has 1 aromatic rings. The number of benzene rings is 1. The molecule has 0 amide bonds. The third kappa shape index (κ3) is 3.48. The van der Waals surface area contributed by atoms with E-state index in [2.05, 4.69) is 37.4 Å². The molecule has 1 unspecified atom stereocenters. The molecule has 1 rings (SSSR count). The van der Waals surface area contributed by atoms with Gasteiger partial charge in [0, 0.05) is 6.54 Å². The van der Waals surface area contributed by atoms with Crippen LogP contribution in [0.15, 0.2) is 18.2 Å². The number of aliphatic hydroxyl groups is 1. The standard InChI is InChI=1S/C12H19NO/c1-9-4-10(2)6-11(5-9)7-12(14)8-13-3/h4-6,12-14H,7-8H2,1-3H3. The first-order valence-electron chi connectivity index (χ1n) is 5.01. The van der Waals surface area contributed by atoms with E-state index < -0.39 is 0 Å². The Kier molecular flexibility index (Phi) is 4.11. The lowest BCUT2D eigenvalue weighted by Gasteiger charge is -2.11. The van der Waals surface area contributed by atoms with E-state index in [1.165, 1.54) is 16.7 Å². The topological polar surface area (TPSA) is 32.3 Å². The van der Waals surface area contributed by atoms with Gasteiger partial charge in [0.25, 0.3) is 0 Å². The first-order chi connectivity index (χ1) is 6.61. The average Bonchev–Trinajstić information content (AvgIpc) is 2.01. The summed E-state index contributed by atoms with van der Waals surface area (Å²) in [5.41, 5.74) is 3.73. The molecule has 1 aromatic carbocycles. The molecule has 14 heavy (non-hydrogen) atoms. The van der Waals surface area contributed by atoms with E-state index in [1.807, 2.05) is 7.05 Å². The van der Waals surface area contributed by atoms with Gasteiger partial charge in [-0.05, 0) is 32.9 Å². The Bertz CT molecular complexity index is 276. The molecule has 0 aromatic heterocycles. The fraction of sp³-hybridized carbons (Fsp3) is 0.500. The smallest absolute Gasteiger partial charge is 0.0704 e. The lowest BCUT2D eigenvalue weighted by Crippen LogP contribution is -2.25. The molecule has 0 aliphatic heterocycles. The molecule has 0 saturated carbocycles. The maximum Gasteiger partial charge on any atom is 0.0704 e. The van der Waals surface area contributed by atoms with Crippen LogP contribution in [0.5, 0.6) is 0 Å². The number of nitrogens with one attached hydrogen (secondary N) is 1. The van der Waals surface area contributed by atoms with Crippen molar-refractivity contribution in [1.29, 1.82) is 0 Å². The van der Waals surface area contributed by atoms with Crippen molar-refractivity contribution in [2.45, 2.75) is 26.4 Å². The zero-order valence-electron chi connectivity index (χ0n) is 9.17. The van der Waals surface area contributed by atoms with Crippen molar-refractivity contribution in [1.82, 2.24) is 5.32 Å². The van der Waals surface area contributed by atoms with Crippen LogP contribution in [0.25, 0.3) is 0 Å². The largest absolute Gasteiger partial charge is 0.391 e. The van der Waals surface area contributed by atoms with Crippen LogP contribution in [0.4, 0.5) is 0 Å². The van der Waals surface area contributed by atoms with Crippen LogP contribution in [-0.4, -0.2) is 24.8 Å². The highest BCUT2D eigenvalue weighted by Crippen LogP contribution is 2.10. The molecule has 2 heteroatoms. The third-order valence-electron chi connectivity index (χ3n) is 2.19. The Hall–Kier alpha value is -0.860. The van der Waals surface area contributed by atoms with Gasteiger partial charge in [-0.25, -0.2) is 0 Å². The van der Waals surface area contributed by atoms with Crippen molar-refractivity contribution in [3.05, 3.63) is 34.9 Å². The lowest BCUT2D eigenvalue weighted by atomic mass is 10.0. The molecular formula is C12H19NO. The van der Waals surface area contributed by atoms with Gasteiger partial charge in [-0.1, -0.05) is 29.3 Å². The zero-order valence-corrected chi connectivity index (χ0v) is 9.17. The summed E-state index contributed by atoms with van der Waals surface area (Å²) in [6.45, 7) is 4.81. The van der Waals surface area contributed by atoms with Crippen LogP contribution < -0.4 is 5.32 Å². The second-order valence-electron chi connectivity index (χ2n) is 3.91. The van der Waals surface area contributed by atoms with E-state index in [1.54, 1.807) is 0 Å². The van der Waals surface area contributed by atoms with Crippen LogP contribution >= 0.6 is 0 Å². The van der Waals surface area contributed by atoms with Crippen molar-refractivity contribution in [2.75, 3.05) is 13.6 Å². The maximum atomic E-state index is 9.62. The molecule has 2 N–H and O–H groups in total. The minimum atomic E-state index is -0.291. The number of hydrogen-bond acceptors (Lipinski definition) is 2. The first kappa shape index (κ1) is 11.2. The Morgan fingerprint density at radius 2 is 1.79 bits per heavy atom. The summed E-state index contributed by atoms with van der Waals surface area (Å²) >= 11 is 0. The van der Waals surface area contributed by atoms with Gasteiger partial charge in [-0.3, -0.25) is 0 Å². The molecule has 0 radical (unpaired) electrons. The van der Waals surface area contributed by atoms with Gasteiger partial charge in [0.15, 0.2) is 0 Å². The zero-order chi connectivity index (χ0) is 10.6. The summed E-state index contributed by atoms with van der Waals surface area (Å²) in [7, 11) is 1.85. The Labute approximate surface area is 86.0 Å². The second-order valence-corrected chi connectivity index (χ2v) is 3.91. The highest BCUT2D eigenvalue weighted by atomic mass is 16.3. The molecule has 2 nitrogen and oxygen atoms in total. The van der Waals surface area contributed by atoms with E-state index in [4.69, 9.17) is 0 Å². The summed E-state index contributed by atoms with van der Waals surface area (Å²) in [6.07, 6.45) is 0.435. The number of aliphatic hydroxyl groups excluding tert-OH is 1. The lowest BCUT2D eigenvalue weighted by molar-refractivity contribution is 0.175. The van der Waals surface area contributed by atoms with Gasteiger partial charge in [-0.2, -0.15) is 0 Å². The van der Waals surface area contributed by atoms with E-state index in [0.717, 1.165) is 6.42 Å². The second kappa shape index (κ2) is 5.13. The molecule has 0 aliphatic carbocycles. The summed E-state index contributed by atoms with van der Waals surface area (Å²) in [6, 6.07) is 6.41. The number of likely N-dealkylation sites (N-methyl/N-ethyl adjacent to an activating group) is 1. The molecule has 0 fully saturated rings. The van der Waals surface area contributed by atoms with Gasteiger partial charge in [0.1, 0.15) is 0 Å². The van der Waals surface area contributed by atoms with Gasteiger partial charge in [0.2, 0.25) is 0 Å². The van der Waals surface area contributed by atoms with Gasteiger partial charge < -0.3 is 10.4 Å². The number of rotatable bonds is 4. The molecule has 1 atom stereocenters. The van der Waals surface area contributed by atoms with Crippen LogP contribution in [0.2, 0.25) is 0 Å². The summed E-state index contributed by atoms with van der Waals surface area (Å²) in [4.78, 5) is 0. The van der Waals surface area contributed by atoms with Crippen LogP contribution in [0.1, 0.15) is 16.7 Å². The molecule has 0 spiro atoms. The normalized spacial score (nSPS) is 12.9.